The molecule has 1 N–H and O–H groups in total. The number of H-pyrrole nitrogens is 1. The zero-order valence-corrected chi connectivity index (χ0v) is 21.7. The van der Waals surface area contributed by atoms with Crippen LogP contribution in [0.3, 0.4) is 0 Å². The number of fused-ring (bicyclic) bond motifs is 1. The zero-order chi connectivity index (χ0) is 26.1. The first kappa shape index (κ1) is 24.5. The van der Waals surface area contributed by atoms with Crippen LogP contribution < -0.4 is 5.69 Å². The maximum atomic E-state index is 13.6. The normalized spacial score (nSPS) is 20.4. The molecule has 0 aliphatic carbocycles. The number of nitrogens with zero attached hydrogens (tertiary/aromatic N) is 4. The van der Waals surface area contributed by atoms with Crippen LogP contribution in [0, 0.1) is 0 Å². The highest BCUT2D eigenvalue weighted by atomic mass is 32.2. The number of aromatic nitrogens is 3. The van der Waals surface area contributed by atoms with Gasteiger partial charge in [0, 0.05) is 44.5 Å². The van der Waals surface area contributed by atoms with Gasteiger partial charge in [0.25, 0.3) is 0 Å². The smallest absolute Gasteiger partial charge is 0.326 e. The van der Waals surface area contributed by atoms with Crippen LogP contribution in [0.15, 0.2) is 83.9 Å². The number of amides is 2. The van der Waals surface area contributed by atoms with Gasteiger partial charge in [0.1, 0.15) is 5.37 Å². The summed E-state index contributed by atoms with van der Waals surface area (Å²) in [7, 11) is 0. The molecular weight excluding hydrogens is 498 g/mol. The average molecular weight is 528 g/mol. The molecule has 4 heterocycles. The molecule has 2 fully saturated rings. The fraction of sp³-hybridized carbons (Fsp3) is 0.310. The molecule has 4 aromatic rings. The van der Waals surface area contributed by atoms with E-state index in [9.17, 15) is 14.4 Å². The first-order valence-electron chi connectivity index (χ1n) is 13.0. The summed E-state index contributed by atoms with van der Waals surface area (Å²) in [5.41, 5.74) is 3.69. The van der Waals surface area contributed by atoms with E-state index in [0.29, 0.717) is 32.5 Å². The van der Waals surface area contributed by atoms with Crippen LogP contribution in [0.5, 0.6) is 0 Å². The number of thioether (sulfide) groups is 1. The van der Waals surface area contributed by atoms with Crippen molar-refractivity contribution in [3.63, 3.8) is 0 Å². The molecule has 0 bridgehead atoms. The van der Waals surface area contributed by atoms with Gasteiger partial charge in [-0.3, -0.25) is 19.1 Å². The monoisotopic (exact) mass is 527 g/mol. The molecule has 2 unspecified atom stereocenters. The summed E-state index contributed by atoms with van der Waals surface area (Å²) in [6.07, 6.45) is 5.06. The summed E-state index contributed by atoms with van der Waals surface area (Å²) in [5.74, 6) is -0.00704. The van der Waals surface area contributed by atoms with Crippen LogP contribution in [-0.2, 0) is 16.1 Å². The topological polar surface area (TPSA) is 91.3 Å². The molecular formula is C29H29N5O3S. The number of pyridine rings is 1. The number of piperidine rings is 1. The minimum Gasteiger partial charge on any atom is -0.342 e. The van der Waals surface area contributed by atoms with Gasteiger partial charge >= 0.3 is 5.69 Å². The average Bonchev–Trinajstić information content (AvgIpc) is 3.45. The van der Waals surface area contributed by atoms with E-state index in [4.69, 9.17) is 0 Å². The minimum absolute atomic E-state index is 0.00172. The van der Waals surface area contributed by atoms with Crippen LogP contribution in [0.25, 0.3) is 11.0 Å². The molecule has 6 rings (SSSR count). The van der Waals surface area contributed by atoms with Crippen LogP contribution in [0.4, 0.5) is 0 Å². The summed E-state index contributed by atoms with van der Waals surface area (Å²) in [4.78, 5) is 50.3. The molecule has 2 amide bonds. The predicted molar refractivity (Wildman–Crippen MR) is 147 cm³/mol. The molecule has 0 spiro atoms. The van der Waals surface area contributed by atoms with Gasteiger partial charge < -0.3 is 14.8 Å². The number of likely N-dealkylation sites (tertiary alicyclic amines) is 1. The highest BCUT2D eigenvalue weighted by Crippen LogP contribution is 2.45. The lowest BCUT2D eigenvalue weighted by Crippen LogP contribution is -2.42. The largest absolute Gasteiger partial charge is 0.342 e. The number of carbonyl (C=O) groups is 2. The minimum atomic E-state index is -0.427. The number of para-hydroxylation sites is 2. The number of aromatic amines is 1. The summed E-state index contributed by atoms with van der Waals surface area (Å²) in [5, 5.41) is -0.572. The van der Waals surface area contributed by atoms with Gasteiger partial charge in [-0.15, -0.1) is 11.8 Å². The van der Waals surface area contributed by atoms with Crippen molar-refractivity contribution in [2.75, 3.05) is 13.1 Å². The lowest BCUT2D eigenvalue weighted by atomic mass is 10.0. The third-order valence-electron chi connectivity index (χ3n) is 7.49. The number of imidazole rings is 1. The first-order valence-corrected chi connectivity index (χ1v) is 13.9. The Balaban J connectivity index is 1.13. The van der Waals surface area contributed by atoms with Crippen molar-refractivity contribution in [3.8, 4) is 0 Å². The van der Waals surface area contributed by atoms with Crippen molar-refractivity contribution in [2.24, 2.45) is 0 Å². The number of carbonyl (C=O) groups excluding carboxylic acids is 2. The zero-order valence-electron chi connectivity index (χ0n) is 20.9. The van der Waals surface area contributed by atoms with E-state index in [0.717, 1.165) is 22.2 Å². The van der Waals surface area contributed by atoms with Gasteiger partial charge in [-0.05, 0) is 48.2 Å². The second-order valence-corrected chi connectivity index (χ2v) is 11.1. The summed E-state index contributed by atoms with van der Waals surface area (Å²) in [6.45, 7) is 1.62. The van der Waals surface area contributed by atoms with E-state index in [1.807, 2.05) is 81.1 Å². The molecule has 2 atom stereocenters. The maximum absolute atomic E-state index is 13.6. The molecule has 194 valence electrons. The van der Waals surface area contributed by atoms with E-state index in [-0.39, 0.29) is 35.3 Å². The van der Waals surface area contributed by atoms with Crippen molar-refractivity contribution in [2.45, 2.75) is 42.5 Å². The number of nitrogens with one attached hydrogen (secondary N) is 1. The highest BCUT2D eigenvalue weighted by Gasteiger charge is 2.42. The Hall–Kier alpha value is -3.85. The predicted octanol–water partition coefficient (Wildman–Crippen LogP) is 4.12. The number of rotatable bonds is 6. The van der Waals surface area contributed by atoms with Crippen LogP contribution in [0.2, 0.25) is 0 Å². The third kappa shape index (κ3) is 4.74. The summed E-state index contributed by atoms with van der Waals surface area (Å²) < 4.78 is 1.83. The Morgan fingerprint density at radius 2 is 1.66 bits per heavy atom. The lowest BCUT2D eigenvalue weighted by Gasteiger charge is -2.33. The fourth-order valence-electron chi connectivity index (χ4n) is 5.54. The van der Waals surface area contributed by atoms with Crippen molar-refractivity contribution in [3.05, 3.63) is 101 Å². The molecule has 2 aliphatic rings. The summed E-state index contributed by atoms with van der Waals surface area (Å²) in [6, 6.07) is 21.6. The Morgan fingerprint density at radius 1 is 0.947 bits per heavy atom. The fourth-order valence-corrected chi connectivity index (χ4v) is 6.98. The van der Waals surface area contributed by atoms with E-state index in [1.165, 1.54) is 0 Å². The van der Waals surface area contributed by atoms with Crippen molar-refractivity contribution in [1.29, 1.82) is 0 Å². The number of benzene rings is 2. The third-order valence-corrected chi connectivity index (χ3v) is 8.97. The van der Waals surface area contributed by atoms with Gasteiger partial charge in [-0.2, -0.15) is 0 Å². The van der Waals surface area contributed by atoms with Gasteiger partial charge in [0.15, 0.2) is 0 Å². The molecule has 38 heavy (non-hydrogen) atoms. The SMILES string of the molecule is O=C(CC1SC(c2ccccc2)N(Cc2ccncc2)C1=O)N1CCC(n2c(=O)[nH]c3ccccc32)CC1. The van der Waals surface area contributed by atoms with Crippen LogP contribution in [-0.4, -0.2) is 54.5 Å². The molecule has 0 radical (unpaired) electrons. The highest BCUT2D eigenvalue weighted by molar-refractivity contribution is 8.01. The van der Waals surface area contributed by atoms with Gasteiger partial charge in [-0.1, -0.05) is 42.5 Å². The maximum Gasteiger partial charge on any atom is 0.326 e. The molecule has 8 nitrogen and oxygen atoms in total. The number of hydrogen-bond acceptors (Lipinski definition) is 5. The second-order valence-electron chi connectivity index (χ2n) is 9.84. The Labute approximate surface area is 224 Å². The Kier molecular flexibility index (Phi) is 6.76. The second kappa shape index (κ2) is 10.5. The van der Waals surface area contributed by atoms with Crippen LogP contribution in [0.1, 0.15) is 41.8 Å². The van der Waals surface area contributed by atoms with E-state index >= 15 is 0 Å². The van der Waals surface area contributed by atoms with Gasteiger partial charge in [0.05, 0.1) is 16.3 Å². The van der Waals surface area contributed by atoms with Gasteiger partial charge in [0.2, 0.25) is 11.8 Å². The van der Waals surface area contributed by atoms with Crippen molar-refractivity contribution < 1.29 is 9.59 Å². The lowest BCUT2D eigenvalue weighted by molar-refractivity contribution is -0.137. The van der Waals surface area contributed by atoms with E-state index in [1.54, 1.807) is 24.2 Å². The molecule has 9 heteroatoms. The molecule has 0 saturated carbocycles. The first-order chi connectivity index (χ1) is 18.6. The molecule has 2 aliphatic heterocycles. The van der Waals surface area contributed by atoms with Crippen LogP contribution >= 0.6 is 11.8 Å². The number of hydrogen-bond donors (Lipinski definition) is 1. The van der Waals surface area contributed by atoms with Crippen molar-refractivity contribution >= 4 is 34.6 Å². The summed E-state index contributed by atoms with van der Waals surface area (Å²) >= 11 is 1.56. The standard InChI is InChI=1S/C29H29N5O3S/c35-26(32-16-12-22(13-17-32)34-24-9-5-4-8-23(24)31-29(34)37)18-25-27(36)33(19-20-10-14-30-15-11-20)28(38-25)21-6-2-1-3-7-21/h1-11,14-15,22,25,28H,12-13,16-19H2,(H,31,37). The van der Waals surface area contributed by atoms with Gasteiger partial charge in [-0.25, -0.2) is 4.79 Å². The van der Waals surface area contributed by atoms with E-state index in [2.05, 4.69) is 9.97 Å². The Bertz CT molecular complexity index is 1490. The molecule has 2 aromatic carbocycles. The molecule has 2 saturated heterocycles. The Morgan fingerprint density at radius 3 is 2.42 bits per heavy atom. The van der Waals surface area contributed by atoms with E-state index < -0.39 is 5.25 Å². The molecule has 2 aromatic heterocycles. The quantitative estimate of drug-likeness (QED) is 0.407. The van der Waals surface area contributed by atoms with Crippen molar-refractivity contribution in [1.82, 2.24) is 24.3 Å².